The Labute approximate surface area is 181 Å². The summed E-state index contributed by atoms with van der Waals surface area (Å²) in [5, 5.41) is 0. The van der Waals surface area contributed by atoms with Gasteiger partial charge in [-0.05, 0) is 85.5 Å². The van der Waals surface area contributed by atoms with Crippen LogP contribution in [0, 0.1) is 19.8 Å². The number of likely N-dealkylation sites (tertiary alicyclic amines) is 1. The van der Waals surface area contributed by atoms with E-state index in [-0.39, 0.29) is 0 Å². The molecular formula is C26H36N2O2. The molecule has 1 unspecified atom stereocenters. The fourth-order valence-electron chi connectivity index (χ4n) is 5.02. The van der Waals surface area contributed by atoms with E-state index < -0.39 is 0 Å². The zero-order chi connectivity index (χ0) is 21.1. The van der Waals surface area contributed by atoms with Crippen molar-refractivity contribution in [2.45, 2.75) is 39.7 Å². The van der Waals surface area contributed by atoms with Crippen molar-refractivity contribution in [1.82, 2.24) is 9.80 Å². The predicted molar refractivity (Wildman–Crippen MR) is 123 cm³/mol. The maximum absolute atomic E-state index is 5.45. The lowest BCUT2D eigenvalue weighted by atomic mass is 9.94. The Balaban J connectivity index is 1.26. The van der Waals surface area contributed by atoms with Gasteiger partial charge in [-0.25, -0.2) is 0 Å². The predicted octanol–water partition coefficient (Wildman–Crippen LogP) is 4.24. The summed E-state index contributed by atoms with van der Waals surface area (Å²) in [6.45, 7) is 11.6. The highest BCUT2D eigenvalue weighted by atomic mass is 16.5. The third-order valence-electron chi connectivity index (χ3n) is 6.96. The Morgan fingerprint density at radius 1 is 0.900 bits per heavy atom. The second kappa shape index (κ2) is 9.40. The molecule has 0 radical (unpaired) electrons. The molecule has 1 atom stereocenters. The van der Waals surface area contributed by atoms with Crippen LogP contribution in [-0.4, -0.2) is 56.7 Å². The van der Waals surface area contributed by atoms with E-state index in [2.05, 4.69) is 47.9 Å². The van der Waals surface area contributed by atoms with Crippen LogP contribution < -0.4 is 9.47 Å². The highest BCUT2D eigenvalue weighted by molar-refractivity contribution is 5.43. The normalized spacial score (nSPS) is 19.7. The second-order valence-corrected chi connectivity index (χ2v) is 9.08. The fraction of sp³-hybridized carbons (Fsp3) is 0.538. The molecule has 2 heterocycles. The first-order chi connectivity index (χ1) is 14.6. The van der Waals surface area contributed by atoms with Gasteiger partial charge in [0.15, 0.2) is 11.5 Å². The molecule has 0 amide bonds. The summed E-state index contributed by atoms with van der Waals surface area (Å²) in [4.78, 5) is 5.31. The first-order valence-electron chi connectivity index (χ1n) is 11.3. The summed E-state index contributed by atoms with van der Waals surface area (Å²) in [5.74, 6) is 2.42. The average molecular weight is 409 g/mol. The zero-order valence-corrected chi connectivity index (χ0v) is 19.0. The molecule has 162 valence electrons. The molecular weight excluding hydrogens is 372 g/mol. The van der Waals surface area contributed by atoms with Gasteiger partial charge in [-0.2, -0.15) is 0 Å². The van der Waals surface area contributed by atoms with E-state index in [0.29, 0.717) is 0 Å². The molecule has 2 aliphatic rings. The van der Waals surface area contributed by atoms with Crippen molar-refractivity contribution in [2.24, 2.45) is 5.92 Å². The minimum atomic E-state index is 0.795. The van der Waals surface area contributed by atoms with Crippen LogP contribution in [0.5, 0.6) is 11.5 Å². The lowest BCUT2D eigenvalue weighted by molar-refractivity contribution is 0.210. The average Bonchev–Trinajstić information content (AvgIpc) is 3.20. The molecule has 0 bridgehead atoms. The first-order valence-corrected chi connectivity index (χ1v) is 11.3. The highest BCUT2D eigenvalue weighted by Gasteiger charge is 2.26. The molecule has 30 heavy (non-hydrogen) atoms. The summed E-state index contributed by atoms with van der Waals surface area (Å²) in [6.07, 6.45) is 3.58. The molecule has 4 rings (SSSR count). The highest BCUT2D eigenvalue weighted by Crippen LogP contribution is 2.28. The van der Waals surface area contributed by atoms with Gasteiger partial charge >= 0.3 is 0 Å². The Morgan fingerprint density at radius 3 is 2.43 bits per heavy atom. The van der Waals surface area contributed by atoms with Gasteiger partial charge in [0.25, 0.3) is 0 Å². The summed E-state index contributed by atoms with van der Waals surface area (Å²) >= 11 is 0. The molecule has 0 N–H and O–H groups in total. The number of methoxy groups -OCH3 is 2. The Morgan fingerprint density at radius 2 is 1.67 bits per heavy atom. The lowest BCUT2D eigenvalue weighted by Gasteiger charge is -2.31. The van der Waals surface area contributed by atoms with Gasteiger partial charge in [-0.3, -0.25) is 4.90 Å². The minimum absolute atomic E-state index is 0.795. The zero-order valence-electron chi connectivity index (χ0n) is 19.0. The van der Waals surface area contributed by atoms with Crippen LogP contribution >= 0.6 is 0 Å². The minimum Gasteiger partial charge on any atom is -0.493 e. The van der Waals surface area contributed by atoms with Crippen molar-refractivity contribution in [1.29, 1.82) is 0 Å². The van der Waals surface area contributed by atoms with Crippen molar-refractivity contribution in [3.63, 3.8) is 0 Å². The number of hydrogen-bond acceptors (Lipinski definition) is 4. The Kier molecular flexibility index (Phi) is 6.64. The van der Waals surface area contributed by atoms with Gasteiger partial charge in [0.05, 0.1) is 14.2 Å². The van der Waals surface area contributed by atoms with Crippen LogP contribution in [0.1, 0.15) is 34.2 Å². The number of fused-ring (bicyclic) bond motifs is 1. The molecule has 2 aromatic carbocycles. The van der Waals surface area contributed by atoms with Crippen LogP contribution in [0.15, 0.2) is 30.3 Å². The Hall–Kier alpha value is -2.04. The SMILES string of the molecule is COc1ccc(CCN2CCC(CN3CCc4cc(C)c(C)cc4C3)C2)cc1OC. The van der Waals surface area contributed by atoms with Crippen molar-refractivity contribution >= 4 is 0 Å². The van der Waals surface area contributed by atoms with Crippen LogP contribution in [0.25, 0.3) is 0 Å². The smallest absolute Gasteiger partial charge is 0.160 e. The van der Waals surface area contributed by atoms with Crippen molar-refractivity contribution in [2.75, 3.05) is 46.9 Å². The van der Waals surface area contributed by atoms with Gasteiger partial charge in [0.1, 0.15) is 0 Å². The molecule has 0 spiro atoms. The van der Waals surface area contributed by atoms with E-state index in [1.165, 1.54) is 55.7 Å². The van der Waals surface area contributed by atoms with E-state index in [1.807, 2.05) is 6.07 Å². The quantitative estimate of drug-likeness (QED) is 0.684. The monoisotopic (exact) mass is 408 g/mol. The molecule has 2 aliphatic heterocycles. The van der Waals surface area contributed by atoms with Crippen molar-refractivity contribution < 1.29 is 9.47 Å². The molecule has 0 saturated carbocycles. The van der Waals surface area contributed by atoms with Crippen LogP contribution in [-0.2, 0) is 19.4 Å². The number of rotatable bonds is 7. The largest absolute Gasteiger partial charge is 0.493 e. The number of nitrogens with zero attached hydrogens (tertiary/aromatic N) is 2. The van der Waals surface area contributed by atoms with Crippen LogP contribution in [0.2, 0.25) is 0 Å². The maximum Gasteiger partial charge on any atom is 0.160 e. The lowest BCUT2D eigenvalue weighted by Crippen LogP contribution is -2.35. The van der Waals surface area contributed by atoms with E-state index in [1.54, 1.807) is 25.3 Å². The number of aryl methyl sites for hydroxylation is 2. The number of ether oxygens (including phenoxy) is 2. The molecule has 0 aromatic heterocycles. The van der Waals surface area contributed by atoms with Crippen molar-refractivity contribution in [3.05, 3.63) is 58.1 Å². The summed E-state index contributed by atoms with van der Waals surface area (Å²) in [5.41, 5.74) is 7.29. The van der Waals surface area contributed by atoms with Crippen molar-refractivity contribution in [3.8, 4) is 11.5 Å². The molecule has 4 heteroatoms. The molecule has 1 fully saturated rings. The molecule has 0 aliphatic carbocycles. The molecule has 1 saturated heterocycles. The number of benzene rings is 2. The van der Waals surface area contributed by atoms with E-state index in [4.69, 9.17) is 9.47 Å². The maximum atomic E-state index is 5.45. The topological polar surface area (TPSA) is 24.9 Å². The molecule has 2 aromatic rings. The van der Waals surface area contributed by atoms with Crippen LogP contribution in [0.4, 0.5) is 0 Å². The first kappa shape index (κ1) is 21.2. The third kappa shape index (κ3) is 4.81. The standard InChI is InChI=1S/C26H36N2O2/c1-19-13-23-9-12-28(18-24(23)14-20(19)2)17-22-8-11-27(16-22)10-7-21-5-6-25(29-3)26(15-21)30-4/h5-6,13-15,22H,7-12,16-18H2,1-4H3. The summed E-state index contributed by atoms with van der Waals surface area (Å²) < 4.78 is 10.8. The summed E-state index contributed by atoms with van der Waals surface area (Å²) in [7, 11) is 3.39. The van der Waals surface area contributed by atoms with Gasteiger partial charge in [0.2, 0.25) is 0 Å². The third-order valence-corrected chi connectivity index (χ3v) is 6.96. The van der Waals surface area contributed by atoms with Gasteiger partial charge in [-0.1, -0.05) is 18.2 Å². The second-order valence-electron chi connectivity index (χ2n) is 9.08. The van der Waals surface area contributed by atoms with E-state index in [0.717, 1.165) is 36.9 Å². The van der Waals surface area contributed by atoms with Crippen LogP contribution in [0.3, 0.4) is 0 Å². The van der Waals surface area contributed by atoms with Gasteiger partial charge < -0.3 is 14.4 Å². The summed E-state index contributed by atoms with van der Waals surface area (Å²) in [6, 6.07) is 11.1. The van der Waals surface area contributed by atoms with Gasteiger partial charge in [-0.15, -0.1) is 0 Å². The van der Waals surface area contributed by atoms with Gasteiger partial charge in [0, 0.05) is 32.7 Å². The number of hydrogen-bond donors (Lipinski definition) is 0. The van der Waals surface area contributed by atoms with E-state index in [9.17, 15) is 0 Å². The van der Waals surface area contributed by atoms with E-state index >= 15 is 0 Å². The molecule has 4 nitrogen and oxygen atoms in total. The Bertz CT molecular complexity index is 880. The fourth-order valence-corrected chi connectivity index (χ4v) is 5.02.